The Morgan fingerprint density at radius 3 is 2.06 bits per heavy atom. The topological polar surface area (TPSA) is 56.8 Å². The fourth-order valence-electron chi connectivity index (χ4n) is 1.87. The summed E-state index contributed by atoms with van der Waals surface area (Å²) in [6.45, 7) is 0. The van der Waals surface area contributed by atoms with Crippen LogP contribution >= 0.6 is 0 Å². The minimum absolute atomic E-state index is 0.00254. The first-order valence-corrected chi connectivity index (χ1v) is 5.29. The van der Waals surface area contributed by atoms with Crippen LogP contribution in [0.15, 0.2) is 12.1 Å². The summed E-state index contributed by atoms with van der Waals surface area (Å²) >= 11 is 0. The van der Waals surface area contributed by atoms with Crippen molar-refractivity contribution in [1.82, 2.24) is 5.32 Å². The first-order chi connectivity index (χ1) is 8.19. The summed E-state index contributed by atoms with van der Waals surface area (Å²) in [7, 11) is 4.74. The molecule has 1 saturated heterocycles. The van der Waals surface area contributed by atoms with Crippen molar-refractivity contribution in [1.29, 1.82) is 0 Å². The van der Waals surface area contributed by atoms with Gasteiger partial charge < -0.3 is 19.5 Å². The highest BCUT2D eigenvalue weighted by molar-refractivity contribution is 5.83. The van der Waals surface area contributed by atoms with Gasteiger partial charge in [0.05, 0.1) is 33.8 Å². The van der Waals surface area contributed by atoms with Crippen molar-refractivity contribution < 1.29 is 19.0 Å². The Morgan fingerprint density at radius 2 is 1.59 bits per heavy atom. The van der Waals surface area contributed by atoms with E-state index in [0.717, 1.165) is 5.56 Å². The number of carbonyl (C=O) groups excluding carboxylic acids is 1. The lowest BCUT2D eigenvalue weighted by Gasteiger charge is -2.29. The van der Waals surface area contributed by atoms with Crippen molar-refractivity contribution in [3.63, 3.8) is 0 Å². The Bertz CT molecular complexity index is 436. The molecule has 1 aliphatic heterocycles. The van der Waals surface area contributed by atoms with Gasteiger partial charge in [-0.1, -0.05) is 0 Å². The molecule has 0 bridgehead atoms. The summed E-state index contributed by atoms with van der Waals surface area (Å²) in [4.78, 5) is 11.0. The van der Waals surface area contributed by atoms with Crippen molar-refractivity contribution in [2.75, 3.05) is 21.3 Å². The Morgan fingerprint density at radius 1 is 1.06 bits per heavy atom. The third kappa shape index (κ3) is 2.00. The molecular weight excluding hydrogens is 222 g/mol. The van der Waals surface area contributed by atoms with Crippen LogP contribution in [-0.4, -0.2) is 27.2 Å². The first-order valence-electron chi connectivity index (χ1n) is 5.29. The van der Waals surface area contributed by atoms with Gasteiger partial charge in [-0.05, 0) is 6.07 Å². The molecule has 1 aliphatic rings. The number of hydrogen-bond acceptors (Lipinski definition) is 4. The molecule has 0 aliphatic carbocycles. The summed E-state index contributed by atoms with van der Waals surface area (Å²) in [5, 5.41) is 2.81. The predicted molar refractivity (Wildman–Crippen MR) is 61.6 cm³/mol. The number of ether oxygens (including phenoxy) is 3. The molecule has 0 saturated carbocycles. The molecule has 1 fully saturated rings. The molecule has 5 heteroatoms. The number of benzene rings is 1. The summed E-state index contributed by atoms with van der Waals surface area (Å²) in [5.41, 5.74) is 0.907. The second-order valence-corrected chi connectivity index (χ2v) is 3.77. The van der Waals surface area contributed by atoms with Crippen molar-refractivity contribution in [3.8, 4) is 17.2 Å². The molecule has 1 aromatic rings. The highest BCUT2D eigenvalue weighted by Gasteiger charge is 2.30. The van der Waals surface area contributed by atoms with E-state index in [1.54, 1.807) is 27.4 Å². The maximum Gasteiger partial charge on any atom is 0.222 e. The number of carbonyl (C=O) groups is 1. The summed E-state index contributed by atoms with van der Waals surface area (Å²) in [6.07, 6.45) is 0.478. The van der Waals surface area contributed by atoms with E-state index < -0.39 is 0 Å². The van der Waals surface area contributed by atoms with Gasteiger partial charge in [0, 0.05) is 11.6 Å². The maximum atomic E-state index is 11.0. The molecule has 1 unspecified atom stereocenters. The molecule has 92 valence electrons. The first kappa shape index (κ1) is 11.6. The zero-order chi connectivity index (χ0) is 12.4. The standard InChI is InChI=1S/C12H15NO4/c1-15-9-6-11(17-3)10(16-2)4-7(9)8-5-12(14)13-8/h4,6,8H,5H2,1-3H3,(H,13,14). The third-order valence-electron chi connectivity index (χ3n) is 2.84. The number of rotatable bonds is 4. The van der Waals surface area contributed by atoms with Crippen LogP contribution in [0.4, 0.5) is 0 Å². The van der Waals surface area contributed by atoms with Gasteiger partial charge in [-0.2, -0.15) is 0 Å². The van der Waals surface area contributed by atoms with E-state index in [4.69, 9.17) is 14.2 Å². The lowest BCUT2D eigenvalue weighted by molar-refractivity contribution is -0.128. The van der Waals surface area contributed by atoms with Crippen LogP contribution in [0.3, 0.4) is 0 Å². The number of methoxy groups -OCH3 is 3. The van der Waals surface area contributed by atoms with Crippen LogP contribution < -0.4 is 19.5 Å². The van der Waals surface area contributed by atoms with Gasteiger partial charge in [-0.15, -0.1) is 0 Å². The second kappa shape index (κ2) is 4.53. The van der Waals surface area contributed by atoms with Crippen LogP contribution in [0.5, 0.6) is 17.2 Å². The second-order valence-electron chi connectivity index (χ2n) is 3.77. The Kier molecular flexibility index (Phi) is 3.08. The van der Waals surface area contributed by atoms with Crippen molar-refractivity contribution in [3.05, 3.63) is 17.7 Å². The highest BCUT2D eigenvalue weighted by atomic mass is 16.5. The van der Waals surface area contributed by atoms with Crippen molar-refractivity contribution >= 4 is 5.91 Å². The number of hydrogen-bond donors (Lipinski definition) is 1. The quantitative estimate of drug-likeness (QED) is 0.801. The van der Waals surface area contributed by atoms with Gasteiger partial charge >= 0.3 is 0 Å². The van der Waals surface area contributed by atoms with Gasteiger partial charge in [0.2, 0.25) is 5.91 Å². The van der Waals surface area contributed by atoms with Crippen LogP contribution in [0.2, 0.25) is 0 Å². The number of amides is 1. The van der Waals surface area contributed by atoms with E-state index in [2.05, 4.69) is 5.32 Å². The van der Waals surface area contributed by atoms with Crippen LogP contribution in [0, 0.1) is 0 Å². The molecule has 17 heavy (non-hydrogen) atoms. The molecule has 5 nitrogen and oxygen atoms in total. The monoisotopic (exact) mass is 237 g/mol. The van der Waals surface area contributed by atoms with Crippen molar-refractivity contribution in [2.45, 2.75) is 12.5 Å². The van der Waals surface area contributed by atoms with Crippen LogP contribution in [0.25, 0.3) is 0 Å². The molecule has 0 spiro atoms. The maximum absolute atomic E-state index is 11.0. The molecule has 0 radical (unpaired) electrons. The van der Waals surface area contributed by atoms with Gasteiger partial charge in [-0.3, -0.25) is 4.79 Å². The minimum Gasteiger partial charge on any atom is -0.496 e. The molecule has 2 rings (SSSR count). The largest absolute Gasteiger partial charge is 0.496 e. The highest BCUT2D eigenvalue weighted by Crippen LogP contribution is 2.39. The van der Waals surface area contributed by atoms with Gasteiger partial charge in [0.25, 0.3) is 0 Å². The Labute approximate surface area is 99.7 Å². The van der Waals surface area contributed by atoms with Gasteiger partial charge in [0.15, 0.2) is 11.5 Å². The summed E-state index contributed by atoms with van der Waals surface area (Å²) in [6, 6.07) is 3.60. The van der Waals surface area contributed by atoms with Crippen molar-refractivity contribution in [2.24, 2.45) is 0 Å². The number of nitrogens with one attached hydrogen (secondary N) is 1. The fraction of sp³-hybridized carbons (Fsp3) is 0.417. The molecule has 1 heterocycles. The zero-order valence-electron chi connectivity index (χ0n) is 10.1. The molecule has 1 amide bonds. The average molecular weight is 237 g/mol. The molecule has 1 N–H and O–H groups in total. The Hall–Kier alpha value is -1.91. The lowest BCUT2D eigenvalue weighted by atomic mass is 9.96. The lowest BCUT2D eigenvalue weighted by Crippen LogP contribution is -2.41. The molecule has 1 atom stereocenters. The SMILES string of the molecule is COc1cc(OC)c(C2CC(=O)N2)cc1OC. The summed E-state index contributed by atoms with van der Waals surface area (Å²) < 4.78 is 15.7. The molecular formula is C12H15NO4. The van der Waals surface area contributed by atoms with E-state index in [-0.39, 0.29) is 11.9 Å². The number of β-lactam (4-membered cyclic amide) rings is 1. The minimum atomic E-state index is -0.00254. The van der Waals surface area contributed by atoms with Gasteiger partial charge in [-0.25, -0.2) is 0 Å². The zero-order valence-corrected chi connectivity index (χ0v) is 10.1. The van der Waals surface area contributed by atoms with E-state index in [1.165, 1.54) is 0 Å². The van der Waals surface area contributed by atoms with E-state index in [9.17, 15) is 4.79 Å². The fourth-order valence-corrected chi connectivity index (χ4v) is 1.87. The van der Waals surface area contributed by atoms with E-state index >= 15 is 0 Å². The smallest absolute Gasteiger partial charge is 0.222 e. The average Bonchev–Trinajstić information content (AvgIpc) is 2.33. The third-order valence-corrected chi connectivity index (χ3v) is 2.84. The normalized spacial score (nSPS) is 18.1. The van der Waals surface area contributed by atoms with Crippen LogP contribution in [0.1, 0.15) is 18.0 Å². The van der Waals surface area contributed by atoms with E-state index in [1.807, 2.05) is 6.07 Å². The van der Waals surface area contributed by atoms with Gasteiger partial charge in [0.1, 0.15) is 5.75 Å². The van der Waals surface area contributed by atoms with E-state index in [0.29, 0.717) is 23.7 Å². The Balaban J connectivity index is 2.39. The molecule has 0 aromatic heterocycles. The molecule has 1 aromatic carbocycles. The van der Waals surface area contributed by atoms with Crippen LogP contribution in [-0.2, 0) is 4.79 Å². The summed E-state index contributed by atoms with van der Waals surface area (Å²) in [5.74, 6) is 1.97. The predicted octanol–water partition coefficient (Wildman–Crippen LogP) is 1.27.